The number of ether oxygens (including phenoxy) is 1. The monoisotopic (exact) mass is 864 g/mol. The van der Waals surface area contributed by atoms with Crippen LogP contribution in [0.15, 0.2) is 85.1 Å². The summed E-state index contributed by atoms with van der Waals surface area (Å²) >= 11 is 0. The molecule has 0 radical (unpaired) electrons. The van der Waals surface area contributed by atoms with Crippen LogP contribution < -0.4 is 5.32 Å². The van der Waals surface area contributed by atoms with Crippen LogP contribution in [-0.4, -0.2) is 46.9 Å². The molecule has 0 fully saturated rings. The zero-order valence-corrected chi connectivity index (χ0v) is 40.5. The Labute approximate surface area is 383 Å². The van der Waals surface area contributed by atoms with Crippen molar-refractivity contribution in [1.82, 2.24) is 5.32 Å². The van der Waals surface area contributed by atoms with Crippen LogP contribution in [0.5, 0.6) is 0 Å². The molecule has 3 N–H and O–H groups in total. The van der Waals surface area contributed by atoms with Crippen molar-refractivity contribution < 1.29 is 24.5 Å². The van der Waals surface area contributed by atoms with Crippen LogP contribution in [0.2, 0.25) is 0 Å². The molecule has 0 aliphatic heterocycles. The molecule has 0 aromatic carbocycles. The first-order valence-corrected chi connectivity index (χ1v) is 25.8. The normalized spacial score (nSPS) is 14.0. The summed E-state index contributed by atoms with van der Waals surface area (Å²) in [5.74, 6) is -0.595. The Balaban J connectivity index is 4.76. The van der Waals surface area contributed by atoms with Gasteiger partial charge in [-0.25, -0.2) is 0 Å². The number of esters is 1. The van der Waals surface area contributed by atoms with Crippen molar-refractivity contribution in [2.45, 2.75) is 251 Å². The van der Waals surface area contributed by atoms with E-state index in [1.807, 2.05) is 0 Å². The van der Waals surface area contributed by atoms with E-state index in [0.29, 0.717) is 25.7 Å². The summed E-state index contributed by atoms with van der Waals surface area (Å²) in [4.78, 5) is 26.1. The van der Waals surface area contributed by atoms with Crippen LogP contribution in [0.25, 0.3) is 0 Å². The second-order valence-corrected chi connectivity index (χ2v) is 17.2. The average Bonchev–Trinajstić information content (AvgIpc) is 3.26. The van der Waals surface area contributed by atoms with E-state index in [9.17, 15) is 19.8 Å². The van der Waals surface area contributed by atoms with Gasteiger partial charge >= 0.3 is 5.97 Å². The van der Waals surface area contributed by atoms with E-state index in [4.69, 9.17) is 4.74 Å². The number of nitrogens with one attached hydrogen (secondary N) is 1. The van der Waals surface area contributed by atoms with Crippen molar-refractivity contribution in [1.29, 1.82) is 0 Å². The van der Waals surface area contributed by atoms with Crippen molar-refractivity contribution in [3.63, 3.8) is 0 Å². The molecule has 3 atom stereocenters. The van der Waals surface area contributed by atoms with Gasteiger partial charge in [0.2, 0.25) is 5.91 Å². The van der Waals surface area contributed by atoms with E-state index in [-0.39, 0.29) is 24.9 Å². The average molecular weight is 864 g/mol. The SMILES string of the molecule is CC/C=C\C/C=C\C/C=C\C/C=C\C/C=C\CCCC(=O)OC(CCC/C=C/C=C/CCCCCCCCC)CC(=O)NC(CO)C(O)CCCCCCCCCCCCCC. The molecule has 3 unspecified atom stereocenters. The van der Waals surface area contributed by atoms with Gasteiger partial charge in [-0.15, -0.1) is 0 Å². The zero-order chi connectivity index (χ0) is 45.2. The molecule has 0 aromatic heterocycles. The predicted molar refractivity (Wildman–Crippen MR) is 268 cm³/mol. The quantitative estimate of drug-likeness (QED) is 0.0245. The maximum Gasteiger partial charge on any atom is 0.306 e. The summed E-state index contributed by atoms with van der Waals surface area (Å²) in [5, 5.41) is 23.7. The van der Waals surface area contributed by atoms with Gasteiger partial charge in [-0.1, -0.05) is 221 Å². The number of unbranched alkanes of at least 4 members (excludes halogenated alkanes) is 20. The molecular weight excluding hydrogens is 767 g/mol. The van der Waals surface area contributed by atoms with Crippen molar-refractivity contribution >= 4 is 11.9 Å². The molecule has 356 valence electrons. The molecule has 0 heterocycles. The highest BCUT2D eigenvalue weighted by Gasteiger charge is 2.24. The highest BCUT2D eigenvalue weighted by molar-refractivity contribution is 5.77. The topological polar surface area (TPSA) is 95.9 Å². The van der Waals surface area contributed by atoms with E-state index in [1.165, 1.54) is 103 Å². The lowest BCUT2D eigenvalue weighted by Crippen LogP contribution is -2.46. The second kappa shape index (κ2) is 49.1. The lowest BCUT2D eigenvalue weighted by molar-refractivity contribution is -0.151. The lowest BCUT2D eigenvalue weighted by atomic mass is 10.0. The number of aliphatic hydroxyl groups is 2. The molecule has 1 amide bonds. The Bertz CT molecular complexity index is 1200. The standard InChI is InChI=1S/C56H97NO5/c1-4-7-10-13-16-19-22-25-27-28-29-31-34-37-40-43-46-49-56(61)62-52(47-44-41-38-35-32-30-26-23-20-17-14-11-8-5-2)50-55(60)57-53(51-58)54(59)48-45-42-39-36-33-24-21-18-15-12-9-6-3/h7,10,16,19,25,27,29-32,35,37-38,40,52-54,58-59H,4-6,8-9,11-15,17-18,20-24,26,28,33-34,36,39,41-51H2,1-3H3,(H,57,60)/b10-7-,19-16-,27-25-,31-29-,32-30+,38-35+,40-37-. The molecule has 0 aliphatic carbocycles. The van der Waals surface area contributed by atoms with Gasteiger partial charge in [0.1, 0.15) is 6.10 Å². The van der Waals surface area contributed by atoms with Crippen LogP contribution in [0.1, 0.15) is 233 Å². The highest BCUT2D eigenvalue weighted by Crippen LogP contribution is 2.16. The fourth-order valence-electron chi connectivity index (χ4n) is 7.34. The maximum atomic E-state index is 13.2. The van der Waals surface area contributed by atoms with Crippen LogP contribution in [0.4, 0.5) is 0 Å². The number of aliphatic hydroxyl groups excluding tert-OH is 2. The van der Waals surface area contributed by atoms with Crippen LogP contribution >= 0.6 is 0 Å². The minimum atomic E-state index is -0.812. The van der Waals surface area contributed by atoms with Crippen LogP contribution in [-0.2, 0) is 14.3 Å². The molecule has 0 saturated carbocycles. The molecule has 6 nitrogen and oxygen atoms in total. The number of carbonyl (C=O) groups excluding carboxylic acids is 2. The minimum Gasteiger partial charge on any atom is -0.462 e. The first-order chi connectivity index (χ1) is 30.5. The molecule has 6 heteroatoms. The molecule has 0 aliphatic rings. The third-order valence-corrected chi connectivity index (χ3v) is 11.2. The summed E-state index contributed by atoms with van der Waals surface area (Å²) < 4.78 is 5.88. The molecule has 0 spiro atoms. The summed E-state index contributed by atoms with van der Waals surface area (Å²) in [5.41, 5.74) is 0. The molecular formula is C56H97NO5. The Morgan fingerprint density at radius 1 is 0.500 bits per heavy atom. The molecule has 0 aromatic rings. The summed E-state index contributed by atoms with van der Waals surface area (Å²) in [6, 6.07) is -0.731. The largest absolute Gasteiger partial charge is 0.462 e. The van der Waals surface area contributed by atoms with E-state index in [2.05, 4.69) is 111 Å². The number of hydrogen-bond acceptors (Lipinski definition) is 5. The third kappa shape index (κ3) is 43.7. The van der Waals surface area contributed by atoms with Gasteiger partial charge < -0.3 is 20.3 Å². The van der Waals surface area contributed by atoms with E-state index >= 15 is 0 Å². The fourth-order valence-corrected chi connectivity index (χ4v) is 7.34. The van der Waals surface area contributed by atoms with Gasteiger partial charge in [0, 0.05) is 6.42 Å². The molecule has 0 rings (SSSR count). The molecule has 0 bridgehead atoms. The van der Waals surface area contributed by atoms with Crippen LogP contribution in [0.3, 0.4) is 0 Å². The number of carbonyl (C=O) groups is 2. The number of allylic oxidation sites excluding steroid dienone is 14. The number of amides is 1. The van der Waals surface area contributed by atoms with Crippen molar-refractivity contribution in [3.05, 3.63) is 85.1 Å². The Morgan fingerprint density at radius 3 is 1.44 bits per heavy atom. The van der Waals surface area contributed by atoms with Gasteiger partial charge in [0.05, 0.1) is 25.2 Å². The Hall–Kier alpha value is -2.96. The predicted octanol–water partition coefficient (Wildman–Crippen LogP) is 15.6. The first kappa shape index (κ1) is 59.0. The van der Waals surface area contributed by atoms with Crippen molar-refractivity contribution in [3.8, 4) is 0 Å². The van der Waals surface area contributed by atoms with Gasteiger partial charge in [0.25, 0.3) is 0 Å². The minimum absolute atomic E-state index is 0.0183. The lowest BCUT2D eigenvalue weighted by Gasteiger charge is -2.24. The molecule has 62 heavy (non-hydrogen) atoms. The summed E-state index contributed by atoms with van der Waals surface area (Å²) in [6.45, 7) is 6.33. The van der Waals surface area contributed by atoms with E-state index in [1.54, 1.807) is 0 Å². The fraction of sp³-hybridized carbons (Fsp3) is 0.714. The Kier molecular flexibility index (Phi) is 46.7. The second-order valence-electron chi connectivity index (χ2n) is 17.2. The number of rotatable bonds is 45. The van der Waals surface area contributed by atoms with Crippen molar-refractivity contribution in [2.75, 3.05) is 6.61 Å². The van der Waals surface area contributed by atoms with Crippen LogP contribution in [0, 0.1) is 0 Å². The summed E-state index contributed by atoms with van der Waals surface area (Å²) in [6.07, 6.45) is 63.6. The van der Waals surface area contributed by atoms with Gasteiger partial charge in [-0.3, -0.25) is 9.59 Å². The van der Waals surface area contributed by atoms with E-state index < -0.39 is 18.2 Å². The maximum absolute atomic E-state index is 13.2. The van der Waals surface area contributed by atoms with E-state index in [0.717, 1.165) is 77.0 Å². The van der Waals surface area contributed by atoms with Crippen molar-refractivity contribution in [2.24, 2.45) is 0 Å². The third-order valence-electron chi connectivity index (χ3n) is 11.2. The Morgan fingerprint density at radius 2 is 0.935 bits per heavy atom. The smallest absolute Gasteiger partial charge is 0.306 e. The summed E-state index contributed by atoms with van der Waals surface area (Å²) in [7, 11) is 0. The number of hydrogen-bond donors (Lipinski definition) is 3. The van der Waals surface area contributed by atoms with Gasteiger partial charge in [0.15, 0.2) is 0 Å². The van der Waals surface area contributed by atoms with Gasteiger partial charge in [-0.2, -0.15) is 0 Å². The van der Waals surface area contributed by atoms with Gasteiger partial charge in [-0.05, 0) is 83.5 Å². The zero-order valence-electron chi connectivity index (χ0n) is 40.5. The molecule has 0 saturated heterocycles. The highest BCUT2D eigenvalue weighted by atomic mass is 16.5. The first-order valence-electron chi connectivity index (χ1n) is 25.8.